The maximum atomic E-state index is 6.02. The molecule has 2 aromatic rings. The summed E-state index contributed by atoms with van der Waals surface area (Å²) in [4.78, 5) is 4.70. The summed E-state index contributed by atoms with van der Waals surface area (Å²) < 4.78 is 7.91. The molecule has 0 atom stereocenters. The van der Waals surface area contributed by atoms with Crippen molar-refractivity contribution in [2.45, 2.75) is 47.2 Å². The number of hydrogen-bond acceptors (Lipinski definition) is 4. The Hall–Kier alpha value is -2.57. The predicted molar refractivity (Wildman–Crippen MR) is 109 cm³/mol. The fourth-order valence-corrected chi connectivity index (χ4v) is 2.47. The van der Waals surface area contributed by atoms with Crippen LogP contribution in [0.3, 0.4) is 0 Å². The van der Waals surface area contributed by atoms with Crippen molar-refractivity contribution in [2.24, 2.45) is 18.0 Å². The summed E-state index contributed by atoms with van der Waals surface area (Å²) in [6.45, 7) is 11.2. The molecule has 7 nitrogen and oxygen atoms in total. The van der Waals surface area contributed by atoms with E-state index in [1.807, 2.05) is 18.5 Å². The van der Waals surface area contributed by atoms with Crippen molar-refractivity contribution in [2.75, 3.05) is 13.2 Å². The number of benzene rings is 1. The van der Waals surface area contributed by atoms with Crippen LogP contribution in [0.25, 0.3) is 0 Å². The van der Waals surface area contributed by atoms with E-state index in [-0.39, 0.29) is 0 Å². The lowest BCUT2D eigenvalue weighted by atomic mass is 10.1. The van der Waals surface area contributed by atoms with E-state index < -0.39 is 0 Å². The standard InChI is InChI=1S/C20H32N6O/c1-6-21-20(23-13-19-25-24-14-26(19)5)22-12-17-8-7-16(4)11-18(17)27-10-9-15(2)3/h7-8,11,14-15H,6,9-10,12-13H2,1-5H3,(H2,21,22,23). The van der Waals surface area contributed by atoms with E-state index in [4.69, 9.17) is 9.73 Å². The monoisotopic (exact) mass is 372 g/mol. The van der Waals surface area contributed by atoms with Crippen LogP contribution in [0.2, 0.25) is 0 Å². The molecule has 0 aliphatic carbocycles. The number of aromatic nitrogens is 3. The number of hydrogen-bond donors (Lipinski definition) is 2. The molecule has 2 rings (SSSR count). The van der Waals surface area contributed by atoms with Crippen molar-refractivity contribution in [3.63, 3.8) is 0 Å². The van der Waals surface area contributed by atoms with E-state index in [1.54, 1.807) is 6.33 Å². The van der Waals surface area contributed by atoms with E-state index in [0.717, 1.165) is 42.7 Å². The third-order valence-electron chi connectivity index (χ3n) is 4.15. The summed E-state index contributed by atoms with van der Waals surface area (Å²) >= 11 is 0. The normalized spacial score (nSPS) is 11.7. The zero-order chi connectivity index (χ0) is 19.6. The highest BCUT2D eigenvalue weighted by molar-refractivity contribution is 5.79. The number of guanidine groups is 1. The molecule has 0 amide bonds. The van der Waals surface area contributed by atoms with Gasteiger partial charge in [0, 0.05) is 19.2 Å². The summed E-state index contributed by atoms with van der Waals surface area (Å²) in [6.07, 6.45) is 2.73. The molecule has 0 spiro atoms. The van der Waals surface area contributed by atoms with Crippen LogP contribution in [0.4, 0.5) is 0 Å². The van der Waals surface area contributed by atoms with Crippen LogP contribution in [0, 0.1) is 12.8 Å². The van der Waals surface area contributed by atoms with Crippen LogP contribution in [0.15, 0.2) is 29.5 Å². The molecule has 0 radical (unpaired) electrons. The smallest absolute Gasteiger partial charge is 0.191 e. The molecule has 7 heteroatoms. The van der Waals surface area contributed by atoms with Crippen LogP contribution in [0.1, 0.15) is 44.1 Å². The average molecular weight is 373 g/mol. The molecule has 27 heavy (non-hydrogen) atoms. The van der Waals surface area contributed by atoms with Gasteiger partial charge in [0.1, 0.15) is 12.1 Å². The van der Waals surface area contributed by atoms with Crippen molar-refractivity contribution < 1.29 is 4.74 Å². The minimum atomic E-state index is 0.547. The fourth-order valence-electron chi connectivity index (χ4n) is 2.47. The molecule has 0 saturated carbocycles. The Labute approximate surface area is 162 Å². The third kappa shape index (κ3) is 6.92. The summed E-state index contributed by atoms with van der Waals surface area (Å²) in [5.74, 6) is 3.15. The van der Waals surface area contributed by atoms with Gasteiger partial charge in [-0.2, -0.15) is 0 Å². The first-order valence-electron chi connectivity index (χ1n) is 9.57. The number of nitrogens with zero attached hydrogens (tertiary/aromatic N) is 4. The SMILES string of the molecule is CCNC(=NCc1ccc(C)cc1OCCC(C)C)NCc1nncn1C. The molecule has 0 unspecified atom stereocenters. The summed E-state index contributed by atoms with van der Waals surface area (Å²) in [7, 11) is 1.92. The third-order valence-corrected chi connectivity index (χ3v) is 4.15. The molecule has 2 N–H and O–H groups in total. The van der Waals surface area contributed by atoms with Gasteiger partial charge in [0.25, 0.3) is 0 Å². The van der Waals surface area contributed by atoms with Crippen LogP contribution in [-0.4, -0.2) is 33.9 Å². The molecule has 0 bridgehead atoms. The lowest BCUT2D eigenvalue weighted by Crippen LogP contribution is -2.37. The number of aryl methyl sites for hydroxylation is 2. The summed E-state index contributed by atoms with van der Waals surface area (Å²) in [5.41, 5.74) is 2.27. The first kappa shape index (κ1) is 20.7. The quantitative estimate of drug-likeness (QED) is 0.523. The van der Waals surface area contributed by atoms with Crippen molar-refractivity contribution in [1.82, 2.24) is 25.4 Å². The number of ether oxygens (including phenoxy) is 1. The maximum Gasteiger partial charge on any atom is 0.191 e. The van der Waals surface area contributed by atoms with Gasteiger partial charge in [-0.05, 0) is 37.8 Å². The maximum absolute atomic E-state index is 6.02. The van der Waals surface area contributed by atoms with E-state index in [1.165, 1.54) is 5.56 Å². The average Bonchev–Trinajstić information content (AvgIpc) is 3.03. The Balaban J connectivity index is 2.04. The molecule has 1 aromatic heterocycles. The number of nitrogens with one attached hydrogen (secondary N) is 2. The van der Waals surface area contributed by atoms with E-state index >= 15 is 0 Å². The Morgan fingerprint density at radius 3 is 2.78 bits per heavy atom. The molecule has 0 aliphatic heterocycles. The van der Waals surface area contributed by atoms with Gasteiger partial charge in [-0.3, -0.25) is 0 Å². The zero-order valence-corrected chi connectivity index (χ0v) is 17.1. The minimum absolute atomic E-state index is 0.547. The zero-order valence-electron chi connectivity index (χ0n) is 17.1. The fraction of sp³-hybridized carbons (Fsp3) is 0.550. The highest BCUT2D eigenvalue weighted by Gasteiger charge is 2.07. The number of rotatable bonds is 9. The number of aliphatic imine (C=N–C) groups is 1. The lowest BCUT2D eigenvalue weighted by molar-refractivity contribution is 0.287. The second-order valence-corrected chi connectivity index (χ2v) is 7.05. The molecular weight excluding hydrogens is 340 g/mol. The molecule has 1 heterocycles. The second kappa shape index (κ2) is 10.5. The Bertz CT molecular complexity index is 738. The van der Waals surface area contributed by atoms with Crippen molar-refractivity contribution in [3.05, 3.63) is 41.5 Å². The van der Waals surface area contributed by atoms with Gasteiger partial charge < -0.3 is 19.9 Å². The Kier molecular flexibility index (Phi) is 8.10. The van der Waals surface area contributed by atoms with Gasteiger partial charge in [0.15, 0.2) is 11.8 Å². The van der Waals surface area contributed by atoms with Crippen molar-refractivity contribution >= 4 is 5.96 Å². The largest absolute Gasteiger partial charge is 0.493 e. The van der Waals surface area contributed by atoms with Gasteiger partial charge in [-0.1, -0.05) is 26.0 Å². The Morgan fingerprint density at radius 1 is 1.30 bits per heavy atom. The second-order valence-electron chi connectivity index (χ2n) is 7.05. The predicted octanol–water partition coefficient (Wildman–Crippen LogP) is 2.80. The first-order chi connectivity index (χ1) is 13.0. The van der Waals surface area contributed by atoms with E-state index in [2.05, 4.69) is 59.8 Å². The van der Waals surface area contributed by atoms with Crippen LogP contribution in [0.5, 0.6) is 5.75 Å². The molecule has 1 aromatic carbocycles. The van der Waals surface area contributed by atoms with Crippen molar-refractivity contribution in [1.29, 1.82) is 0 Å². The minimum Gasteiger partial charge on any atom is -0.493 e. The molecular formula is C20H32N6O. The van der Waals surface area contributed by atoms with Gasteiger partial charge in [0.05, 0.1) is 19.7 Å². The van der Waals surface area contributed by atoms with Crippen LogP contribution < -0.4 is 15.4 Å². The highest BCUT2D eigenvalue weighted by Crippen LogP contribution is 2.22. The van der Waals surface area contributed by atoms with Gasteiger partial charge in [-0.15, -0.1) is 10.2 Å². The van der Waals surface area contributed by atoms with Crippen LogP contribution in [-0.2, 0) is 20.1 Å². The molecule has 0 fully saturated rings. The molecule has 148 valence electrons. The van der Waals surface area contributed by atoms with E-state index in [0.29, 0.717) is 19.0 Å². The molecule has 0 aliphatic rings. The lowest BCUT2D eigenvalue weighted by Gasteiger charge is -2.14. The highest BCUT2D eigenvalue weighted by atomic mass is 16.5. The first-order valence-corrected chi connectivity index (χ1v) is 9.57. The van der Waals surface area contributed by atoms with E-state index in [9.17, 15) is 0 Å². The van der Waals surface area contributed by atoms with Crippen LogP contribution >= 0.6 is 0 Å². The molecule has 0 saturated heterocycles. The summed E-state index contributed by atoms with van der Waals surface area (Å²) in [5, 5.41) is 14.5. The summed E-state index contributed by atoms with van der Waals surface area (Å²) in [6, 6.07) is 6.28. The van der Waals surface area contributed by atoms with Gasteiger partial charge >= 0.3 is 0 Å². The Morgan fingerprint density at radius 2 is 2.11 bits per heavy atom. The topological polar surface area (TPSA) is 76.4 Å². The van der Waals surface area contributed by atoms with Gasteiger partial charge in [0.2, 0.25) is 0 Å². The van der Waals surface area contributed by atoms with Gasteiger partial charge in [-0.25, -0.2) is 4.99 Å². The van der Waals surface area contributed by atoms with Crippen molar-refractivity contribution in [3.8, 4) is 5.75 Å².